The van der Waals surface area contributed by atoms with Crippen LogP contribution in [0.1, 0.15) is 34.8 Å². The van der Waals surface area contributed by atoms with Gasteiger partial charge in [-0.15, -0.1) is 0 Å². The fraction of sp³-hybridized carbons (Fsp3) is 0.263. The van der Waals surface area contributed by atoms with E-state index in [1.807, 2.05) is 26.0 Å². The number of hydrogen-bond donors (Lipinski definition) is 0. The zero-order chi connectivity index (χ0) is 17.7. The van der Waals surface area contributed by atoms with Crippen molar-refractivity contribution in [2.75, 3.05) is 6.61 Å². The van der Waals surface area contributed by atoms with Gasteiger partial charge < -0.3 is 9.47 Å². The Balaban J connectivity index is 1.95. The highest BCUT2D eigenvalue weighted by Gasteiger charge is 2.11. The van der Waals surface area contributed by atoms with Crippen molar-refractivity contribution in [2.45, 2.75) is 27.2 Å². The van der Waals surface area contributed by atoms with E-state index in [0.29, 0.717) is 23.5 Å². The molecule has 0 saturated heterocycles. The van der Waals surface area contributed by atoms with Gasteiger partial charge in [-0.05, 0) is 61.4 Å². The van der Waals surface area contributed by atoms with Gasteiger partial charge in [0.15, 0.2) is 12.4 Å². The lowest BCUT2D eigenvalue weighted by molar-refractivity contribution is -0.136. The monoisotopic (exact) mass is 390 g/mol. The molecule has 0 N–H and O–H groups in total. The summed E-state index contributed by atoms with van der Waals surface area (Å²) in [5.74, 6) is 0.628. The van der Waals surface area contributed by atoms with Crippen LogP contribution in [0.4, 0.5) is 0 Å². The second-order valence-electron chi connectivity index (χ2n) is 5.43. The lowest BCUT2D eigenvalue weighted by Gasteiger charge is -2.12. The number of Topliss-reactive ketones (excluding diaryl/α,β-unsaturated/α-hetero) is 1. The molecule has 0 aromatic heterocycles. The van der Waals surface area contributed by atoms with Crippen LogP contribution in [0.15, 0.2) is 40.9 Å². The second kappa shape index (κ2) is 8.11. The van der Waals surface area contributed by atoms with Gasteiger partial charge in [-0.25, -0.2) is 4.79 Å². The average molecular weight is 391 g/mol. The Kier molecular flexibility index (Phi) is 6.15. The van der Waals surface area contributed by atoms with Crippen LogP contribution in [0.5, 0.6) is 11.5 Å². The minimum absolute atomic E-state index is 0.0531. The topological polar surface area (TPSA) is 52.6 Å². The van der Waals surface area contributed by atoms with E-state index in [-0.39, 0.29) is 12.4 Å². The number of hydrogen-bond acceptors (Lipinski definition) is 4. The third kappa shape index (κ3) is 4.68. The van der Waals surface area contributed by atoms with E-state index in [2.05, 4.69) is 15.9 Å². The van der Waals surface area contributed by atoms with Crippen molar-refractivity contribution in [2.24, 2.45) is 0 Å². The summed E-state index contributed by atoms with van der Waals surface area (Å²) in [5.41, 5.74) is 2.49. The molecule has 0 radical (unpaired) electrons. The summed E-state index contributed by atoms with van der Waals surface area (Å²) in [6, 6.07) is 10.4. The molecule has 0 heterocycles. The molecule has 0 spiro atoms. The van der Waals surface area contributed by atoms with E-state index < -0.39 is 5.97 Å². The summed E-state index contributed by atoms with van der Waals surface area (Å²) in [5, 5.41) is 0. The summed E-state index contributed by atoms with van der Waals surface area (Å²) in [4.78, 5) is 23.5. The molecule has 0 aliphatic rings. The number of halogens is 1. The van der Waals surface area contributed by atoms with Crippen LogP contribution in [-0.2, 0) is 4.79 Å². The van der Waals surface area contributed by atoms with Gasteiger partial charge in [-0.3, -0.25) is 4.79 Å². The van der Waals surface area contributed by atoms with Crippen LogP contribution in [0.3, 0.4) is 0 Å². The molecular weight excluding hydrogens is 372 g/mol. The van der Waals surface area contributed by atoms with E-state index >= 15 is 0 Å². The zero-order valence-corrected chi connectivity index (χ0v) is 15.5. The smallest absolute Gasteiger partial charge is 0.349 e. The first kappa shape index (κ1) is 18.2. The molecule has 2 rings (SSSR count). The number of aryl methyl sites for hydroxylation is 2. The number of ketones is 1. The van der Waals surface area contributed by atoms with Crippen LogP contribution in [0.25, 0.3) is 0 Å². The van der Waals surface area contributed by atoms with Crippen molar-refractivity contribution >= 4 is 27.7 Å². The molecule has 0 aliphatic heterocycles. The molecule has 5 heteroatoms. The second-order valence-corrected chi connectivity index (χ2v) is 6.35. The molecule has 0 atom stereocenters. The standard InChI is InChI=1S/C19H19BrO4/c1-4-17(21)14-5-7-16(8-6-14)24-18(22)11-23-19-12(2)9-15(20)10-13(19)3/h5-10H,4,11H2,1-3H3. The Hall–Kier alpha value is -2.14. The highest BCUT2D eigenvalue weighted by molar-refractivity contribution is 9.10. The molecular formula is C19H19BrO4. The normalized spacial score (nSPS) is 10.3. The van der Waals surface area contributed by atoms with Crippen molar-refractivity contribution in [3.8, 4) is 11.5 Å². The largest absolute Gasteiger partial charge is 0.481 e. The van der Waals surface area contributed by atoms with Crippen LogP contribution >= 0.6 is 15.9 Å². The Morgan fingerprint density at radius 3 is 2.17 bits per heavy atom. The first-order valence-corrected chi connectivity index (χ1v) is 8.43. The Morgan fingerprint density at radius 1 is 1.04 bits per heavy atom. The third-order valence-electron chi connectivity index (χ3n) is 3.49. The summed E-state index contributed by atoms with van der Waals surface area (Å²) in [7, 11) is 0. The lowest BCUT2D eigenvalue weighted by Crippen LogP contribution is -2.18. The van der Waals surface area contributed by atoms with Crippen LogP contribution < -0.4 is 9.47 Å². The number of rotatable bonds is 6. The van der Waals surface area contributed by atoms with Gasteiger partial charge in [0.25, 0.3) is 0 Å². The maximum Gasteiger partial charge on any atom is 0.349 e. The van der Waals surface area contributed by atoms with Gasteiger partial charge in [0, 0.05) is 16.5 Å². The lowest BCUT2D eigenvalue weighted by atomic mass is 10.1. The molecule has 126 valence electrons. The summed E-state index contributed by atoms with van der Waals surface area (Å²) in [6.07, 6.45) is 0.443. The summed E-state index contributed by atoms with van der Waals surface area (Å²) in [6.45, 7) is 5.46. The van der Waals surface area contributed by atoms with Gasteiger partial charge >= 0.3 is 5.97 Å². The molecule has 0 amide bonds. The molecule has 0 bridgehead atoms. The maximum atomic E-state index is 11.9. The molecule has 0 saturated carbocycles. The molecule has 0 aliphatic carbocycles. The fourth-order valence-corrected chi connectivity index (χ4v) is 3.02. The molecule has 0 unspecified atom stereocenters. The predicted molar refractivity (Wildman–Crippen MR) is 95.8 cm³/mol. The Labute approximate surface area is 149 Å². The zero-order valence-electron chi connectivity index (χ0n) is 13.9. The number of carbonyl (C=O) groups is 2. The number of benzene rings is 2. The molecule has 24 heavy (non-hydrogen) atoms. The Bertz CT molecular complexity index is 727. The third-order valence-corrected chi connectivity index (χ3v) is 3.95. The Morgan fingerprint density at radius 2 is 1.62 bits per heavy atom. The van der Waals surface area contributed by atoms with E-state index in [4.69, 9.17) is 9.47 Å². The van der Waals surface area contributed by atoms with Crippen molar-refractivity contribution in [1.82, 2.24) is 0 Å². The quantitative estimate of drug-likeness (QED) is 0.409. The fourth-order valence-electron chi connectivity index (χ4n) is 2.33. The highest BCUT2D eigenvalue weighted by Crippen LogP contribution is 2.27. The summed E-state index contributed by atoms with van der Waals surface area (Å²) >= 11 is 3.42. The van der Waals surface area contributed by atoms with E-state index in [0.717, 1.165) is 15.6 Å². The van der Waals surface area contributed by atoms with Gasteiger partial charge in [0.2, 0.25) is 0 Å². The van der Waals surface area contributed by atoms with E-state index in [1.54, 1.807) is 31.2 Å². The predicted octanol–water partition coefficient (Wildman–Crippen LogP) is 4.64. The highest BCUT2D eigenvalue weighted by atomic mass is 79.9. The van der Waals surface area contributed by atoms with Crippen LogP contribution in [0.2, 0.25) is 0 Å². The van der Waals surface area contributed by atoms with Gasteiger partial charge in [0.05, 0.1) is 0 Å². The first-order valence-electron chi connectivity index (χ1n) is 7.64. The van der Waals surface area contributed by atoms with Gasteiger partial charge in [0.1, 0.15) is 11.5 Å². The maximum absolute atomic E-state index is 11.9. The van der Waals surface area contributed by atoms with Gasteiger partial charge in [-0.1, -0.05) is 22.9 Å². The molecule has 2 aromatic carbocycles. The van der Waals surface area contributed by atoms with E-state index in [9.17, 15) is 9.59 Å². The van der Waals surface area contributed by atoms with Crippen LogP contribution in [0, 0.1) is 13.8 Å². The average Bonchev–Trinajstić information content (AvgIpc) is 2.53. The SMILES string of the molecule is CCC(=O)c1ccc(OC(=O)COc2c(C)cc(Br)cc2C)cc1. The van der Waals surface area contributed by atoms with Crippen molar-refractivity contribution < 1.29 is 19.1 Å². The van der Waals surface area contributed by atoms with Crippen LogP contribution in [-0.4, -0.2) is 18.4 Å². The molecule has 2 aromatic rings. The minimum Gasteiger partial charge on any atom is -0.481 e. The van der Waals surface area contributed by atoms with Gasteiger partial charge in [-0.2, -0.15) is 0 Å². The van der Waals surface area contributed by atoms with Crippen molar-refractivity contribution in [1.29, 1.82) is 0 Å². The molecule has 0 fully saturated rings. The van der Waals surface area contributed by atoms with Crippen molar-refractivity contribution in [3.05, 3.63) is 57.6 Å². The first-order chi connectivity index (χ1) is 11.4. The number of ether oxygens (including phenoxy) is 2. The minimum atomic E-state index is -0.494. The number of esters is 1. The molecule has 4 nitrogen and oxygen atoms in total. The van der Waals surface area contributed by atoms with Crippen molar-refractivity contribution in [3.63, 3.8) is 0 Å². The number of carbonyl (C=O) groups excluding carboxylic acids is 2. The summed E-state index contributed by atoms with van der Waals surface area (Å²) < 4.78 is 11.8. The van der Waals surface area contributed by atoms with E-state index in [1.165, 1.54) is 0 Å².